The topological polar surface area (TPSA) is 50.1 Å². The molecular weight excluding hydrogens is 138 g/mol. The minimum Gasteiger partial charge on any atom is -0.333 e. The van der Waals surface area contributed by atoms with Crippen LogP contribution in [0.4, 0.5) is 0 Å². The molecule has 3 heteroatoms. The van der Waals surface area contributed by atoms with Gasteiger partial charge in [0.1, 0.15) is 0 Å². The van der Waals surface area contributed by atoms with Crippen LogP contribution < -0.4 is 16.4 Å². The molecule has 0 aromatic heterocycles. The van der Waals surface area contributed by atoms with Crippen molar-refractivity contribution in [1.82, 2.24) is 10.6 Å². The Kier molecular flexibility index (Phi) is 3.30. The van der Waals surface area contributed by atoms with E-state index in [9.17, 15) is 0 Å². The lowest BCUT2D eigenvalue weighted by Crippen LogP contribution is -2.26. The van der Waals surface area contributed by atoms with E-state index in [1.165, 1.54) is 46.1 Å². The first kappa shape index (κ1) is 8.97. The first-order valence-electron chi connectivity index (χ1n) is 4.41. The zero-order valence-electron chi connectivity index (χ0n) is 7.32. The summed E-state index contributed by atoms with van der Waals surface area (Å²) < 4.78 is 0. The third-order valence-corrected chi connectivity index (χ3v) is 2.66. The van der Waals surface area contributed by atoms with E-state index in [1.807, 2.05) is 0 Å². The van der Waals surface area contributed by atoms with Crippen LogP contribution in [0, 0.1) is 5.41 Å². The molecule has 0 atom stereocenters. The fourth-order valence-electron chi connectivity index (χ4n) is 1.96. The Morgan fingerprint density at radius 2 is 1.45 bits per heavy atom. The molecule has 0 aromatic rings. The third-order valence-electron chi connectivity index (χ3n) is 2.66. The fraction of sp³-hybridized carbons (Fsp3) is 1.00. The van der Waals surface area contributed by atoms with Gasteiger partial charge in [0.2, 0.25) is 0 Å². The van der Waals surface area contributed by atoms with Crippen LogP contribution in [0.15, 0.2) is 0 Å². The van der Waals surface area contributed by atoms with Gasteiger partial charge < -0.3 is 16.4 Å². The molecule has 2 aliphatic heterocycles. The minimum absolute atomic E-state index is 0.667. The standard InChI is InChI=1S/C7H14N2.CH5N/c1-3-8-5-7(1)2-4-9-6-7;1-2/h8-9H,1-6H2;2H2,1H3. The molecule has 3 nitrogen and oxygen atoms in total. The second-order valence-electron chi connectivity index (χ2n) is 3.35. The Labute approximate surface area is 68.7 Å². The summed E-state index contributed by atoms with van der Waals surface area (Å²) in [6.45, 7) is 4.98. The number of hydrogen-bond donors (Lipinski definition) is 3. The summed E-state index contributed by atoms with van der Waals surface area (Å²) >= 11 is 0. The summed E-state index contributed by atoms with van der Waals surface area (Å²) in [7, 11) is 1.50. The second kappa shape index (κ2) is 4.04. The quantitative estimate of drug-likeness (QED) is 0.446. The summed E-state index contributed by atoms with van der Waals surface area (Å²) in [5.74, 6) is 0. The maximum atomic E-state index is 4.50. The zero-order chi connectivity index (χ0) is 8.16. The van der Waals surface area contributed by atoms with Crippen molar-refractivity contribution in [3.63, 3.8) is 0 Å². The normalized spacial score (nSPS) is 26.7. The summed E-state index contributed by atoms with van der Waals surface area (Å²) in [6, 6.07) is 0. The molecule has 2 saturated heterocycles. The summed E-state index contributed by atoms with van der Waals surface area (Å²) in [6.07, 6.45) is 2.78. The molecule has 4 N–H and O–H groups in total. The van der Waals surface area contributed by atoms with Crippen LogP contribution >= 0.6 is 0 Å². The molecule has 0 radical (unpaired) electrons. The van der Waals surface area contributed by atoms with Crippen molar-refractivity contribution >= 4 is 0 Å². The molecular formula is C8H19N3. The lowest BCUT2D eigenvalue weighted by Gasteiger charge is -2.18. The molecule has 11 heavy (non-hydrogen) atoms. The van der Waals surface area contributed by atoms with E-state index < -0.39 is 0 Å². The molecule has 0 aromatic carbocycles. The molecule has 2 heterocycles. The van der Waals surface area contributed by atoms with Crippen LogP contribution in [-0.4, -0.2) is 33.2 Å². The molecule has 0 bridgehead atoms. The van der Waals surface area contributed by atoms with Crippen LogP contribution in [0.2, 0.25) is 0 Å². The van der Waals surface area contributed by atoms with E-state index in [2.05, 4.69) is 16.4 Å². The van der Waals surface area contributed by atoms with E-state index in [-0.39, 0.29) is 0 Å². The van der Waals surface area contributed by atoms with Gasteiger partial charge in [-0.2, -0.15) is 0 Å². The minimum atomic E-state index is 0.667. The average molecular weight is 157 g/mol. The fourth-order valence-corrected chi connectivity index (χ4v) is 1.96. The highest BCUT2D eigenvalue weighted by atomic mass is 15.0. The van der Waals surface area contributed by atoms with Gasteiger partial charge in [0.25, 0.3) is 0 Å². The van der Waals surface area contributed by atoms with Gasteiger partial charge in [-0.05, 0) is 38.4 Å². The van der Waals surface area contributed by atoms with Crippen LogP contribution in [-0.2, 0) is 0 Å². The Morgan fingerprint density at radius 3 is 1.73 bits per heavy atom. The zero-order valence-corrected chi connectivity index (χ0v) is 7.32. The van der Waals surface area contributed by atoms with Gasteiger partial charge in [-0.1, -0.05) is 0 Å². The largest absolute Gasteiger partial charge is 0.333 e. The van der Waals surface area contributed by atoms with Gasteiger partial charge >= 0.3 is 0 Å². The van der Waals surface area contributed by atoms with Gasteiger partial charge in [-0.3, -0.25) is 0 Å². The molecule has 2 rings (SSSR count). The third kappa shape index (κ3) is 1.92. The molecule has 2 aliphatic rings. The molecule has 66 valence electrons. The highest BCUT2D eigenvalue weighted by molar-refractivity contribution is 4.93. The molecule has 1 spiro atoms. The summed E-state index contributed by atoms with van der Waals surface area (Å²) in [4.78, 5) is 0. The van der Waals surface area contributed by atoms with Crippen molar-refractivity contribution in [1.29, 1.82) is 0 Å². The lowest BCUT2D eigenvalue weighted by molar-refractivity contribution is 0.365. The monoisotopic (exact) mass is 157 g/mol. The SMILES string of the molecule is C1CC2(CCNC2)CN1.CN. The van der Waals surface area contributed by atoms with Crippen molar-refractivity contribution < 1.29 is 0 Å². The van der Waals surface area contributed by atoms with E-state index in [4.69, 9.17) is 0 Å². The van der Waals surface area contributed by atoms with Crippen molar-refractivity contribution in [3.8, 4) is 0 Å². The van der Waals surface area contributed by atoms with Crippen molar-refractivity contribution in [2.45, 2.75) is 12.8 Å². The van der Waals surface area contributed by atoms with Gasteiger partial charge in [0.15, 0.2) is 0 Å². The second-order valence-corrected chi connectivity index (χ2v) is 3.35. The van der Waals surface area contributed by atoms with E-state index in [0.717, 1.165) is 0 Å². The van der Waals surface area contributed by atoms with Crippen LogP contribution in [0.5, 0.6) is 0 Å². The van der Waals surface area contributed by atoms with Crippen molar-refractivity contribution in [2.75, 3.05) is 33.2 Å². The van der Waals surface area contributed by atoms with Gasteiger partial charge in [-0.15, -0.1) is 0 Å². The lowest BCUT2D eigenvalue weighted by atomic mass is 9.87. The van der Waals surface area contributed by atoms with Crippen LogP contribution in [0.25, 0.3) is 0 Å². The van der Waals surface area contributed by atoms with Gasteiger partial charge in [0, 0.05) is 13.1 Å². The number of rotatable bonds is 0. The molecule has 0 saturated carbocycles. The maximum Gasteiger partial charge on any atom is 0.00209 e. The van der Waals surface area contributed by atoms with Crippen molar-refractivity contribution in [2.24, 2.45) is 11.1 Å². The molecule has 0 unspecified atom stereocenters. The Morgan fingerprint density at radius 1 is 1.00 bits per heavy atom. The van der Waals surface area contributed by atoms with Gasteiger partial charge in [-0.25, -0.2) is 0 Å². The summed E-state index contributed by atoms with van der Waals surface area (Å²) in [5, 5.41) is 6.83. The average Bonchev–Trinajstić information content (AvgIpc) is 2.69. The van der Waals surface area contributed by atoms with Crippen LogP contribution in [0.3, 0.4) is 0 Å². The first-order chi connectivity index (χ1) is 5.41. The Hall–Kier alpha value is -0.120. The van der Waals surface area contributed by atoms with Crippen molar-refractivity contribution in [3.05, 3.63) is 0 Å². The number of hydrogen-bond acceptors (Lipinski definition) is 3. The predicted octanol–water partition coefficient (Wildman–Crippen LogP) is -0.466. The smallest absolute Gasteiger partial charge is 0.00209 e. The molecule has 2 fully saturated rings. The van der Waals surface area contributed by atoms with E-state index >= 15 is 0 Å². The predicted molar refractivity (Wildman–Crippen MR) is 47.5 cm³/mol. The van der Waals surface area contributed by atoms with E-state index in [0.29, 0.717) is 5.41 Å². The first-order valence-corrected chi connectivity index (χ1v) is 4.41. The Balaban J connectivity index is 0.000000281. The van der Waals surface area contributed by atoms with E-state index in [1.54, 1.807) is 0 Å². The molecule has 0 aliphatic carbocycles. The van der Waals surface area contributed by atoms with Crippen LogP contribution in [0.1, 0.15) is 12.8 Å². The molecule has 0 amide bonds. The highest BCUT2D eigenvalue weighted by Gasteiger charge is 2.35. The Bertz CT molecular complexity index is 84.4. The summed E-state index contributed by atoms with van der Waals surface area (Å²) in [5.41, 5.74) is 5.17. The van der Waals surface area contributed by atoms with Gasteiger partial charge in [0.05, 0.1) is 0 Å². The number of nitrogens with one attached hydrogen (secondary N) is 2. The number of nitrogens with two attached hydrogens (primary N) is 1. The maximum absolute atomic E-state index is 4.50. The highest BCUT2D eigenvalue weighted by Crippen LogP contribution is 2.31.